The zero-order valence-electron chi connectivity index (χ0n) is 27.9. The number of rotatable bonds is 9. The van der Waals surface area contributed by atoms with Gasteiger partial charge in [0.15, 0.2) is 0 Å². The average molecular weight is 609 g/mol. The lowest BCUT2D eigenvalue weighted by atomic mass is 9.97. The van der Waals surface area contributed by atoms with Gasteiger partial charge in [0.2, 0.25) is 5.91 Å². The molecule has 1 aliphatic heterocycles. The molecule has 1 fully saturated rings. The van der Waals surface area contributed by atoms with Crippen molar-refractivity contribution in [2.75, 3.05) is 26.2 Å². The zero-order chi connectivity index (χ0) is 32.8. The van der Waals surface area contributed by atoms with Crippen molar-refractivity contribution in [3.05, 3.63) is 11.9 Å². The topological polar surface area (TPSA) is 145 Å². The zero-order valence-corrected chi connectivity index (χ0v) is 27.9. The number of hydrogen-bond donors (Lipinski definition) is 1. The third kappa shape index (κ3) is 12.0. The van der Waals surface area contributed by atoms with Gasteiger partial charge in [0.1, 0.15) is 28.5 Å². The molecule has 13 heteroatoms. The minimum Gasteiger partial charge on any atom is -0.460 e. The maximum absolute atomic E-state index is 13.9. The van der Waals surface area contributed by atoms with Gasteiger partial charge in [-0.15, -0.1) is 5.10 Å². The molecule has 2 rings (SSSR count). The van der Waals surface area contributed by atoms with E-state index in [1.807, 2.05) is 13.8 Å². The molecule has 0 aromatic carbocycles. The molecule has 43 heavy (non-hydrogen) atoms. The molecule has 1 saturated heterocycles. The van der Waals surface area contributed by atoms with Crippen molar-refractivity contribution < 1.29 is 33.4 Å². The van der Waals surface area contributed by atoms with Gasteiger partial charge < -0.3 is 29.3 Å². The lowest BCUT2D eigenvalue weighted by molar-refractivity contribution is -0.155. The van der Waals surface area contributed by atoms with Crippen molar-refractivity contribution in [2.24, 2.45) is 5.92 Å². The minimum absolute atomic E-state index is 0.00508. The molecule has 0 bridgehead atoms. The first-order chi connectivity index (χ1) is 19.7. The smallest absolute Gasteiger partial charge is 0.410 e. The molecule has 2 heterocycles. The summed E-state index contributed by atoms with van der Waals surface area (Å²) in [5.74, 6) is -0.678. The molecule has 1 aliphatic rings. The van der Waals surface area contributed by atoms with Crippen LogP contribution in [0.5, 0.6) is 0 Å². The summed E-state index contributed by atoms with van der Waals surface area (Å²) in [5, 5.41) is 11.5. The van der Waals surface area contributed by atoms with Crippen molar-refractivity contribution in [1.82, 2.24) is 30.1 Å². The third-order valence-electron chi connectivity index (χ3n) is 6.62. The summed E-state index contributed by atoms with van der Waals surface area (Å²) in [6.07, 6.45) is 1.52. The van der Waals surface area contributed by atoms with Crippen LogP contribution in [0.3, 0.4) is 0 Å². The summed E-state index contributed by atoms with van der Waals surface area (Å²) < 4.78 is 17.9. The Morgan fingerprint density at radius 3 is 1.91 bits per heavy atom. The highest BCUT2D eigenvalue weighted by molar-refractivity contribution is 5.81. The highest BCUT2D eigenvalue weighted by Crippen LogP contribution is 2.26. The van der Waals surface area contributed by atoms with Crippen LogP contribution in [0, 0.1) is 5.92 Å². The monoisotopic (exact) mass is 608 g/mol. The van der Waals surface area contributed by atoms with Gasteiger partial charge in [0, 0.05) is 32.6 Å². The van der Waals surface area contributed by atoms with Crippen LogP contribution >= 0.6 is 0 Å². The van der Waals surface area contributed by atoms with Gasteiger partial charge in [-0.05, 0) is 74.7 Å². The van der Waals surface area contributed by atoms with E-state index in [1.54, 1.807) is 78.3 Å². The molecule has 1 unspecified atom stereocenters. The number of nitrogens with one attached hydrogen (secondary N) is 1. The second-order valence-corrected chi connectivity index (χ2v) is 14.1. The van der Waals surface area contributed by atoms with E-state index in [2.05, 4.69) is 15.6 Å². The average Bonchev–Trinajstić information content (AvgIpc) is 3.33. The van der Waals surface area contributed by atoms with E-state index in [9.17, 15) is 19.2 Å². The minimum atomic E-state index is -0.846. The van der Waals surface area contributed by atoms with Crippen LogP contribution in [0.4, 0.5) is 9.59 Å². The maximum atomic E-state index is 13.9. The molecular formula is C30H52N6O7. The quantitative estimate of drug-likeness (QED) is 0.313. The predicted molar refractivity (Wildman–Crippen MR) is 160 cm³/mol. The fourth-order valence-corrected chi connectivity index (χ4v) is 4.43. The van der Waals surface area contributed by atoms with Crippen molar-refractivity contribution in [1.29, 1.82) is 0 Å². The Morgan fingerprint density at radius 2 is 1.40 bits per heavy atom. The summed E-state index contributed by atoms with van der Waals surface area (Å²) in [5.41, 5.74) is -1.47. The van der Waals surface area contributed by atoms with E-state index >= 15 is 0 Å². The lowest BCUT2D eigenvalue weighted by Crippen LogP contribution is -2.53. The number of carbonyl (C=O) groups excluding carboxylic acids is 4. The predicted octanol–water partition coefficient (Wildman–Crippen LogP) is 4.63. The number of piperazine rings is 1. The summed E-state index contributed by atoms with van der Waals surface area (Å²) in [7, 11) is 0. The highest BCUT2D eigenvalue weighted by atomic mass is 16.6. The fourth-order valence-electron chi connectivity index (χ4n) is 4.43. The van der Waals surface area contributed by atoms with E-state index in [4.69, 9.17) is 14.2 Å². The molecule has 13 nitrogen and oxygen atoms in total. The van der Waals surface area contributed by atoms with Crippen molar-refractivity contribution in [2.45, 2.75) is 124 Å². The van der Waals surface area contributed by atoms with Crippen LogP contribution in [0.2, 0.25) is 0 Å². The third-order valence-corrected chi connectivity index (χ3v) is 6.62. The molecule has 3 atom stereocenters. The molecule has 1 aromatic heterocycles. The van der Waals surface area contributed by atoms with Crippen LogP contribution < -0.4 is 5.32 Å². The summed E-state index contributed by atoms with van der Waals surface area (Å²) in [4.78, 5) is 54.8. The Morgan fingerprint density at radius 1 is 0.860 bits per heavy atom. The molecule has 0 radical (unpaired) electrons. The van der Waals surface area contributed by atoms with Gasteiger partial charge in [-0.25, -0.2) is 14.3 Å². The van der Waals surface area contributed by atoms with E-state index in [-0.39, 0.29) is 24.7 Å². The maximum Gasteiger partial charge on any atom is 0.410 e. The number of carbonyl (C=O) groups is 4. The molecule has 0 aliphatic carbocycles. The van der Waals surface area contributed by atoms with Crippen molar-refractivity contribution >= 4 is 24.1 Å². The van der Waals surface area contributed by atoms with Gasteiger partial charge in [-0.3, -0.25) is 9.59 Å². The fraction of sp³-hybridized carbons (Fsp3) is 0.800. The summed E-state index contributed by atoms with van der Waals surface area (Å²) in [6.45, 7) is 21.4. The molecule has 0 saturated carbocycles. The van der Waals surface area contributed by atoms with Crippen LogP contribution in [-0.4, -0.2) is 91.8 Å². The normalized spacial score (nSPS) is 16.6. The van der Waals surface area contributed by atoms with Crippen LogP contribution in [-0.2, 0) is 23.8 Å². The summed E-state index contributed by atoms with van der Waals surface area (Å²) in [6, 6.07) is -1.35. The first-order valence-corrected chi connectivity index (χ1v) is 15.1. The molecular weight excluding hydrogens is 556 g/mol. The number of alkyl carbamates (subject to hydrolysis) is 1. The number of amides is 3. The SMILES string of the molecule is CCC(C)[C@H](NC(=O)OC(C)(C)C)c1cn([C@@H](CCC(=O)OC(C)(C)C)C(=O)N2CCN(C(=O)OC(C)(C)C)CC2)nn1. The first kappa shape index (κ1) is 35.8. The standard InChI is InChI=1S/C30H52N6O7/c1-12-20(2)24(31-26(39)42-29(6,7)8)21-19-36(33-32-21)22(13-14-23(37)41-28(3,4)5)25(38)34-15-17-35(18-16-34)27(40)43-30(9,10)11/h19-20,22,24H,12-18H2,1-11H3,(H,31,39)/t20?,22-,24-/m0/s1. The van der Waals surface area contributed by atoms with Crippen LogP contribution in [0.15, 0.2) is 6.20 Å². The largest absolute Gasteiger partial charge is 0.460 e. The van der Waals surface area contributed by atoms with Gasteiger partial charge >= 0.3 is 18.2 Å². The Balaban J connectivity index is 2.28. The Kier molecular flexibility index (Phi) is 12.0. The van der Waals surface area contributed by atoms with Gasteiger partial charge in [0.25, 0.3) is 0 Å². The number of aromatic nitrogens is 3. The number of hydrogen-bond acceptors (Lipinski definition) is 9. The van der Waals surface area contributed by atoms with Crippen LogP contribution in [0.1, 0.15) is 113 Å². The van der Waals surface area contributed by atoms with Crippen molar-refractivity contribution in [3.63, 3.8) is 0 Å². The van der Waals surface area contributed by atoms with Gasteiger partial charge in [0.05, 0.1) is 12.2 Å². The van der Waals surface area contributed by atoms with E-state index in [0.29, 0.717) is 31.9 Å². The van der Waals surface area contributed by atoms with E-state index in [0.717, 1.165) is 6.42 Å². The number of ether oxygens (including phenoxy) is 3. The Bertz CT molecular complexity index is 1110. The van der Waals surface area contributed by atoms with Crippen molar-refractivity contribution in [3.8, 4) is 0 Å². The van der Waals surface area contributed by atoms with Crippen LogP contribution in [0.25, 0.3) is 0 Å². The van der Waals surface area contributed by atoms with Gasteiger partial charge in [-0.1, -0.05) is 25.5 Å². The second kappa shape index (κ2) is 14.4. The Labute approximate surface area is 255 Å². The highest BCUT2D eigenvalue weighted by Gasteiger charge is 2.34. The van der Waals surface area contributed by atoms with E-state index in [1.165, 1.54) is 4.68 Å². The van der Waals surface area contributed by atoms with E-state index < -0.39 is 47.0 Å². The number of esters is 1. The first-order valence-electron chi connectivity index (χ1n) is 15.1. The number of nitrogens with zero attached hydrogens (tertiary/aromatic N) is 5. The van der Waals surface area contributed by atoms with Gasteiger partial charge in [-0.2, -0.15) is 0 Å². The molecule has 244 valence electrons. The Hall–Kier alpha value is -3.38. The molecule has 1 N–H and O–H groups in total. The molecule has 1 aromatic rings. The lowest BCUT2D eigenvalue weighted by Gasteiger charge is -2.37. The molecule has 3 amide bonds. The summed E-state index contributed by atoms with van der Waals surface area (Å²) >= 11 is 0. The molecule has 0 spiro atoms. The second-order valence-electron chi connectivity index (χ2n) is 14.1.